The van der Waals surface area contributed by atoms with Crippen molar-refractivity contribution >= 4 is 0 Å². The molecule has 52 valence electrons. The average Bonchev–Trinajstić information content (AvgIpc) is 1.91. The van der Waals surface area contributed by atoms with Crippen LogP contribution in [0, 0.1) is 13.1 Å². The van der Waals surface area contributed by atoms with E-state index in [1.807, 2.05) is 6.92 Å². The van der Waals surface area contributed by atoms with Gasteiger partial charge in [0.05, 0.1) is 16.3 Å². The monoisotopic (exact) mass is 138 g/mol. The fraction of sp³-hybridized carbons (Fsp3) is 0.429. The van der Waals surface area contributed by atoms with Gasteiger partial charge in [0, 0.05) is 6.92 Å². The highest BCUT2D eigenvalue weighted by molar-refractivity contribution is 5.22. The highest BCUT2D eigenvalue weighted by Crippen LogP contribution is 2.07. The van der Waals surface area contributed by atoms with Crippen LogP contribution >= 0.6 is 0 Å². The molecule has 0 fully saturated rings. The Morgan fingerprint density at radius 2 is 1.90 bits per heavy atom. The van der Waals surface area contributed by atoms with Crippen LogP contribution in [0.15, 0.2) is 11.6 Å². The quantitative estimate of drug-likeness (QED) is 0.534. The van der Waals surface area contributed by atoms with E-state index in [9.17, 15) is 0 Å². The molecule has 0 aromatic carbocycles. The Morgan fingerprint density at radius 1 is 1.40 bits per heavy atom. The minimum Gasteiger partial charge on any atom is -0.485 e. The van der Waals surface area contributed by atoms with Gasteiger partial charge < -0.3 is 4.74 Å². The third-order valence-electron chi connectivity index (χ3n) is 0.920. The molecule has 0 saturated carbocycles. The van der Waals surface area contributed by atoms with Crippen molar-refractivity contribution in [3.8, 4) is 13.1 Å². The van der Waals surface area contributed by atoms with E-state index in [1.54, 1.807) is 6.92 Å². The first-order chi connectivity index (χ1) is 4.76. The van der Waals surface area contributed by atoms with E-state index in [-0.39, 0.29) is 5.82 Å². The van der Waals surface area contributed by atoms with Crippen LogP contribution < -0.4 is 0 Å². The Morgan fingerprint density at radius 3 is 2.20 bits per heavy atom. The molecule has 0 unspecified atom stereocenters. The van der Waals surface area contributed by atoms with Crippen molar-refractivity contribution in [2.75, 3.05) is 6.61 Å². The number of ether oxygens (including phenoxy) is 1. The third kappa shape index (κ3) is 2.19. The zero-order valence-corrected chi connectivity index (χ0v) is 6.16. The second kappa shape index (κ2) is 4.40. The van der Waals surface area contributed by atoms with Gasteiger partial charge in [-0.3, -0.25) is 0 Å². The van der Waals surface area contributed by atoms with Crippen molar-refractivity contribution < 1.29 is 4.74 Å². The van der Waals surface area contributed by atoms with Crippen LogP contribution in [0.1, 0.15) is 13.8 Å². The zero-order valence-electron chi connectivity index (χ0n) is 6.16. The maximum Gasteiger partial charge on any atom is 0.725 e. The second-order valence-electron chi connectivity index (χ2n) is 1.57. The van der Waals surface area contributed by atoms with Crippen molar-refractivity contribution in [3.05, 3.63) is 21.3 Å². The molecule has 0 spiro atoms. The van der Waals surface area contributed by atoms with E-state index in [0.29, 0.717) is 12.4 Å². The largest absolute Gasteiger partial charge is 0.725 e. The molecular weight excluding hydrogens is 128 g/mol. The normalized spacial score (nSPS) is 7.20. The summed E-state index contributed by atoms with van der Waals surface area (Å²) in [5.41, 5.74) is 0. The fourth-order valence-electron chi connectivity index (χ4n) is 0.496. The molecule has 0 aliphatic heterocycles. The van der Waals surface area contributed by atoms with Crippen LogP contribution in [0.25, 0.3) is 9.69 Å². The molecule has 0 atom stereocenters. The molecule has 0 N–H and O–H groups in total. The van der Waals surface area contributed by atoms with Crippen molar-refractivity contribution in [1.29, 1.82) is 0 Å². The van der Waals surface area contributed by atoms with Gasteiger partial charge in [0.15, 0.2) is 0 Å². The number of nitrogens with zero attached hydrogens (tertiary/aromatic N) is 2. The van der Waals surface area contributed by atoms with Gasteiger partial charge in [0.1, 0.15) is 0 Å². The van der Waals surface area contributed by atoms with Gasteiger partial charge in [0.2, 0.25) is 0 Å². The van der Waals surface area contributed by atoms with Gasteiger partial charge in [-0.1, -0.05) is 0 Å². The highest BCUT2D eigenvalue weighted by Gasteiger charge is 2.22. The summed E-state index contributed by atoms with van der Waals surface area (Å²) in [7, 11) is 0. The Hall–Kier alpha value is -1.48. The minimum atomic E-state index is 0.238. The number of allylic oxidation sites excluding steroid dienone is 1. The molecule has 0 saturated heterocycles. The van der Waals surface area contributed by atoms with E-state index in [4.69, 9.17) is 17.9 Å². The van der Waals surface area contributed by atoms with Crippen LogP contribution in [0.3, 0.4) is 0 Å². The number of hydrogen-bond donors (Lipinski definition) is 0. The Kier molecular flexibility index (Phi) is 3.75. The summed E-state index contributed by atoms with van der Waals surface area (Å²) in [6, 6.07) is 0. The van der Waals surface area contributed by atoms with Crippen molar-refractivity contribution in [3.63, 3.8) is 0 Å². The van der Waals surface area contributed by atoms with E-state index >= 15 is 0 Å². The molecule has 0 rings (SSSR count). The fourth-order valence-corrected chi connectivity index (χ4v) is 0.496. The van der Waals surface area contributed by atoms with E-state index in [2.05, 4.69) is 9.69 Å². The van der Waals surface area contributed by atoms with Crippen LogP contribution in [-0.2, 0) is 4.74 Å². The standard InChI is InChI=1S/C7H10N2O/c1-5-10-6(2)7(8-3)9-4/h3-4H,5H2,1-2H3/q+2. The van der Waals surface area contributed by atoms with Crippen LogP contribution in [-0.4, -0.2) is 6.61 Å². The molecule has 0 heterocycles. The highest BCUT2D eigenvalue weighted by atomic mass is 16.5. The first kappa shape index (κ1) is 8.52. The average molecular weight is 138 g/mol. The summed E-state index contributed by atoms with van der Waals surface area (Å²) in [5.74, 6) is 0.773. The van der Waals surface area contributed by atoms with E-state index in [1.165, 1.54) is 0 Å². The maximum absolute atomic E-state index is 5.02. The van der Waals surface area contributed by atoms with Crippen molar-refractivity contribution in [1.82, 2.24) is 0 Å². The van der Waals surface area contributed by atoms with Gasteiger partial charge in [-0.2, -0.15) is 0 Å². The lowest BCUT2D eigenvalue weighted by Gasteiger charge is -1.91. The first-order valence-corrected chi connectivity index (χ1v) is 2.91. The van der Waals surface area contributed by atoms with Gasteiger partial charge in [-0.05, 0) is 6.92 Å². The lowest BCUT2D eigenvalue weighted by molar-refractivity contribution is 0.229. The summed E-state index contributed by atoms with van der Waals surface area (Å²) < 4.78 is 5.02. The predicted molar refractivity (Wildman–Crippen MR) is 40.9 cm³/mol. The summed E-state index contributed by atoms with van der Waals surface area (Å²) in [6.45, 7) is 14.0. The maximum atomic E-state index is 5.02. The SMILES string of the molecule is C#[N+]C([N+]#C)=C(C)OCC. The van der Waals surface area contributed by atoms with Gasteiger partial charge in [-0.15, -0.1) is 0 Å². The summed E-state index contributed by atoms with van der Waals surface area (Å²) >= 11 is 0. The molecule has 0 aromatic heterocycles. The Balaban J connectivity index is 4.36. The summed E-state index contributed by atoms with van der Waals surface area (Å²) in [4.78, 5) is 6.58. The van der Waals surface area contributed by atoms with Gasteiger partial charge in [0.25, 0.3) is 18.9 Å². The van der Waals surface area contributed by atoms with Crippen LogP contribution in [0.2, 0.25) is 0 Å². The summed E-state index contributed by atoms with van der Waals surface area (Å²) in [5, 5.41) is 0. The number of hydrogen-bond acceptors (Lipinski definition) is 1. The van der Waals surface area contributed by atoms with Crippen molar-refractivity contribution in [2.45, 2.75) is 13.8 Å². The second-order valence-corrected chi connectivity index (χ2v) is 1.57. The molecule has 3 heteroatoms. The van der Waals surface area contributed by atoms with E-state index < -0.39 is 0 Å². The zero-order chi connectivity index (χ0) is 7.98. The molecule has 0 bridgehead atoms. The third-order valence-corrected chi connectivity index (χ3v) is 0.920. The predicted octanol–water partition coefficient (Wildman–Crippen LogP) is 2.14. The first-order valence-electron chi connectivity index (χ1n) is 2.91. The van der Waals surface area contributed by atoms with Crippen LogP contribution in [0.4, 0.5) is 0 Å². The Labute approximate surface area is 60.6 Å². The minimum absolute atomic E-state index is 0.238. The van der Waals surface area contributed by atoms with Crippen molar-refractivity contribution in [2.24, 2.45) is 0 Å². The molecule has 0 aliphatic rings. The molecule has 0 amide bonds. The molecule has 3 nitrogen and oxygen atoms in total. The number of rotatable bonds is 2. The Bertz CT molecular complexity index is 201. The van der Waals surface area contributed by atoms with Gasteiger partial charge in [-0.25, -0.2) is 0 Å². The van der Waals surface area contributed by atoms with Gasteiger partial charge >= 0.3 is 5.82 Å². The molecule has 0 aliphatic carbocycles. The molecule has 0 radical (unpaired) electrons. The lowest BCUT2D eigenvalue weighted by atomic mass is 10.5. The van der Waals surface area contributed by atoms with E-state index in [0.717, 1.165) is 0 Å². The molecular formula is C7H10N2O+2. The van der Waals surface area contributed by atoms with Crippen LogP contribution in [0.5, 0.6) is 0 Å². The molecule has 0 aromatic rings. The lowest BCUT2D eigenvalue weighted by Crippen LogP contribution is -1.87. The topological polar surface area (TPSA) is 18.0 Å². The summed E-state index contributed by atoms with van der Waals surface area (Å²) in [6.07, 6.45) is 0. The smallest absolute Gasteiger partial charge is 0.485 e. The molecule has 10 heavy (non-hydrogen) atoms.